The van der Waals surface area contributed by atoms with Gasteiger partial charge in [-0.15, -0.1) is 0 Å². The van der Waals surface area contributed by atoms with Gasteiger partial charge in [-0.25, -0.2) is 9.98 Å². The Labute approximate surface area is 133 Å². The number of allylic oxidation sites excluding steroid dienone is 1. The molecule has 0 aliphatic carbocycles. The molecule has 0 radical (unpaired) electrons. The van der Waals surface area contributed by atoms with Crippen LogP contribution in [0.5, 0.6) is 0 Å². The van der Waals surface area contributed by atoms with Crippen LogP contribution >= 0.6 is 12.6 Å². The second kappa shape index (κ2) is 5.74. The van der Waals surface area contributed by atoms with Crippen molar-refractivity contribution >= 4 is 30.5 Å². The van der Waals surface area contributed by atoms with Crippen LogP contribution in [-0.4, -0.2) is 80.8 Å². The number of fused-ring (bicyclic) bond motifs is 1. The standard InChI is InChI=1S/C13H18N4O4S/c1-2-3-13(20)10-11(14-5-16-13)17(6-15-10)12-9(22)8(19)7(4-18)21-12/h2-3,5,7-9,12,18-20,22H,4,6H2,1H3/t7-,8-,9-,12-,13?/m1/s1. The number of rotatable bonds is 3. The average molecular weight is 326 g/mol. The van der Waals surface area contributed by atoms with Gasteiger partial charge in [-0.3, -0.25) is 4.99 Å². The fourth-order valence-electron chi connectivity index (χ4n) is 2.76. The van der Waals surface area contributed by atoms with E-state index in [9.17, 15) is 15.3 Å². The van der Waals surface area contributed by atoms with Gasteiger partial charge in [0.25, 0.3) is 0 Å². The summed E-state index contributed by atoms with van der Waals surface area (Å²) in [6.45, 7) is 1.69. The molecule has 1 unspecified atom stereocenters. The van der Waals surface area contributed by atoms with Gasteiger partial charge in [0.1, 0.15) is 31.1 Å². The van der Waals surface area contributed by atoms with E-state index in [-0.39, 0.29) is 13.3 Å². The molecule has 0 amide bonds. The Balaban J connectivity index is 1.86. The summed E-state index contributed by atoms with van der Waals surface area (Å²) >= 11 is 4.37. The SMILES string of the molecule is CC=CC1(O)N=CN=C2C1=NCN2[C@@H]1O[C@H](CO)[C@@H](O)[C@H]1S. The highest BCUT2D eigenvalue weighted by molar-refractivity contribution is 7.81. The minimum Gasteiger partial charge on any atom is -0.394 e. The molecule has 22 heavy (non-hydrogen) atoms. The van der Waals surface area contributed by atoms with E-state index in [1.165, 1.54) is 12.4 Å². The predicted octanol–water partition coefficient (Wildman–Crippen LogP) is -1.22. The van der Waals surface area contributed by atoms with Gasteiger partial charge in [-0.05, 0) is 13.0 Å². The summed E-state index contributed by atoms with van der Waals surface area (Å²) in [7, 11) is 0. The molecule has 9 heteroatoms. The van der Waals surface area contributed by atoms with Crippen LogP contribution in [0.15, 0.2) is 27.1 Å². The molecule has 3 heterocycles. The van der Waals surface area contributed by atoms with Gasteiger partial charge in [0.15, 0.2) is 5.84 Å². The highest BCUT2D eigenvalue weighted by Gasteiger charge is 2.49. The van der Waals surface area contributed by atoms with Gasteiger partial charge >= 0.3 is 0 Å². The molecule has 0 aromatic rings. The normalized spacial score (nSPS) is 41.0. The summed E-state index contributed by atoms with van der Waals surface area (Å²) in [5.74, 6) is 0.436. The monoisotopic (exact) mass is 326 g/mol. The maximum atomic E-state index is 10.5. The van der Waals surface area contributed by atoms with Gasteiger partial charge in [0, 0.05) is 0 Å². The van der Waals surface area contributed by atoms with E-state index in [1.807, 2.05) is 0 Å². The molecule has 3 aliphatic heterocycles. The second-order valence-electron chi connectivity index (χ2n) is 5.27. The van der Waals surface area contributed by atoms with Crippen molar-refractivity contribution in [2.75, 3.05) is 13.3 Å². The lowest BCUT2D eigenvalue weighted by atomic mass is 10.1. The molecule has 0 aromatic heterocycles. The third kappa shape index (κ3) is 2.29. The Hall–Kier alpha value is -1.26. The van der Waals surface area contributed by atoms with Crippen molar-refractivity contribution in [1.82, 2.24) is 4.90 Å². The Morgan fingerprint density at radius 1 is 1.59 bits per heavy atom. The fourth-order valence-corrected chi connectivity index (χ4v) is 3.19. The van der Waals surface area contributed by atoms with Crippen LogP contribution in [-0.2, 0) is 4.74 Å². The number of thiol groups is 1. The highest BCUT2D eigenvalue weighted by Crippen LogP contribution is 2.32. The highest BCUT2D eigenvalue weighted by atomic mass is 32.1. The zero-order chi connectivity index (χ0) is 15.9. The van der Waals surface area contributed by atoms with E-state index >= 15 is 0 Å². The van der Waals surface area contributed by atoms with E-state index in [2.05, 4.69) is 27.6 Å². The topological polar surface area (TPSA) is 110 Å². The molecule has 1 saturated heterocycles. The number of hydrogen-bond acceptors (Lipinski definition) is 9. The zero-order valence-corrected chi connectivity index (χ0v) is 12.8. The molecule has 0 aromatic carbocycles. The maximum Gasteiger partial charge on any atom is 0.223 e. The van der Waals surface area contributed by atoms with Crippen LogP contribution in [0.3, 0.4) is 0 Å². The Morgan fingerprint density at radius 2 is 2.36 bits per heavy atom. The first-order chi connectivity index (χ1) is 10.5. The number of aliphatic imine (C=N–C) groups is 3. The maximum absolute atomic E-state index is 10.5. The molecule has 5 atom stereocenters. The van der Waals surface area contributed by atoms with Gasteiger partial charge in [0.2, 0.25) is 5.72 Å². The summed E-state index contributed by atoms with van der Waals surface area (Å²) < 4.78 is 5.65. The Bertz CT molecular complexity index is 578. The molecular formula is C13H18N4O4S. The summed E-state index contributed by atoms with van der Waals surface area (Å²) in [6, 6.07) is 0. The first-order valence-corrected chi connectivity index (χ1v) is 7.45. The van der Waals surface area contributed by atoms with E-state index in [0.29, 0.717) is 11.5 Å². The number of ether oxygens (including phenoxy) is 1. The number of nitrogens with zero attached hydrogens (tertiary/aromatic N) is 4. The van der Waals surface area contributed by atoms with Crippen molar-refractivity contribution in [3.63, 3.8) is 0 Å². The Morgan fingerprint density at radius 3 is 3.00 bits per heavy atom. The lowest BCUT2D eigenvalue weighted by molar-refractivity contribution is -0.0556. The van der Waals surface area contributed by atoms with Crippen molar-refractivity contribution in [1.29, 1.82) is 0 Å². The minimum atomic E-state index is -1.54. The van der Waals surface area contributed by atoms with Crippen molar-refractivity contribution in [3.05, 3.63) is 12.2 Å². The first kappa shape index (κ1) is 15.6. The molecule has 0 spiro atoms. The number of hydrogen-bond donors (Lipinski definition) is 4. The average Bonchev–Trinajstić information content (AvgIpc) is 3.03. The van der Waals surface area contributed by atoms with Gasteiger partial charge in [0.05, 0.1) is 18.0 Å². The molecule has 0 saturated carbocycles. The number of aliphatic hydroxyl groups is 3. The molecule has 120 valence electrons. The molecule has 3 rings (SSSR count). The van der Waals surface area contributed by atoms with E-state index in [1.54, 1.807) is 17.9 Å². The smallest absolute Gasteiger partial charge is 0.223 e. The molecule has 3 aliphatic rings. The van der Waals surface area contributed by atoms with Crippen LogP contribution < -0.4 is 0 Å². The lowest BCUT2D eigenvalue weighted by Gasteiger charge is -2.30. The third-order valence-corrected chi connectivity index (χ3v) is 4.43. The van der Waals surface area contributed by atoms with Crippen LogP contribution in [0, 0.1) is 0 Å². The molecule has 8 nitrogen and oxygen atoms in total. The summed E-state index contributed by atoms with van der Waals surface area (Å²) in [5.41, 5.74) is -1.21. The minimum absolute atomic E-state index is 0.212. The predicted molar refractivity (Wildman–Crippen MR) is 84.4 cm³/mol. The quantitative estimate of drug-likeness (QED) is 0.384. The van der Waals surface area contributed by atoms with Crippen molar-refractivity contribution in [2.24, 2.45) is 15.0 Å². The van der Waals surface area contributed by atoms with E-state index < -0.39 is 29.4 Å². The van der Waals surface area contributed by atoms with E-state index in [4.69, 9.17) is 4.74 Å². The van der Waals surface area contributed by atoms with Crippen LogP contribution in [0.2, 0.25) is 0 Å². The zero-order valence-electron chi connectivity index (χ0n) is 11.9. The van der Waals surface area contributed by atoms with Gasteiger partial charge < -0.3 is 25.0 Å². The molecule has 3 N–H and O–H groups in total. The molecule has 0 bridgehead atoms. The van der Waals surface area contributed by atoms with Crippen LogP contribution in [0.1, 0.15) is 6.92 Å². The molecular weight excluding hydrogens is 308 g/mol. The largest absolute Gasteiger partial charge is 0.394 e. The Kier molecular flexibility index (Phi) is 4.08. The van der Waals surface area contributed by atoms with Gasteiger partial charge in [-0.2, -0.15) is 12.6 Å². The van der Waals surface area contributed by atoms with Crippen LogP contribution in [0.4, 0.5) is 0 Å². The molecule has 1 fully saturated rings. The lowest BCUT2D eigenvalue weighted by Crippen LogP contribution is -2.50. The number of aliphatic hydroxyl groups excluding tert-OH is 2. The van der Waals surface area contributed by atoms with Crippen molar-refractivity contribution < 1.29 is 20.1 Å². The van der Waals surface area contributed by atoms with Crippen LogP contribution in [0.25, 0.3) is 0 Å². The summed E-state index contributed by atoms with van der Waals surface area (Å²) in [6.07, 6.45) is 2.29. The van der Waals surface area contributed by atoms with Crippen molar-refractivity contribution in [2.45, 2.75) is 36.3 Å². The first-order valence-electron chi connectivity index (χ1n) is 6.94. The van der Waals surface area contributed by atoms with E-state index in [0.717, 1.165) is 0 Å². The van der Waals surface area contributed by atoms with Gasteiger partial charge in [-0.1, -0.05) is 6.08 Å². The van der Waals surface area contributed by atoms with Crippen molar-refractivity contribution in [3.8, 4) is 0 Å². The summed E-state index contributed by atoms with van der Waals surface area (Å²) in [4.78, 5) is 14.1. The number of amidine groups is 1. The third-order valence-electron chi connectivity index (χ3n) is 3.87. The second-order valence-corrected chi connectivity index (χ2v) is 5.87. The summed E-state index contributed by atoms with van der Waals surface area (Å²) in [5, 5.41) is 29.3. The fraction of sp³-hybridized carbons (Fsp3) is 0.615.